The van der Waals surface area contributed by atoms with Crippen molar-refractivity contribution in [1.82, 2.24) is 0 Å². The molecule has 3 nitrogen and oxygen atoms in total. The van der Waals surface area contributed by atoms with Gasteiger partial charge in [-0.15, -0.1) is 0 Å². The van der Waals surface area contributed by atoms with Gasteiger partial charge in [-0.2, -0.15) is 8.42 Å². The zero-order valence-corrected chi connectivity index (χ0v) is 8.95. The van der Waals surface area contributed by atoms with Crippen LogP contribution >= 0.6 is 0 Å². The molecule has 1 N–H and O–H groups in total. The topological polar surface area (TPSA) is 54.4 Å². The molecule has 0 bridgehead atoms. The Morgan fingerprint density at radius 3 is 2.47 bits per heavy atom. The van der Waals surface area contributed by atoms with E-state index in [1.165, 1.54) is 0 Å². The third kappa shape index (κ3) is 1.73. The van der Waals surface area contributed by atoms with Crippen LogP contribution in [0.3, 0.4) is 0 Å². The van der Waals surface area contributed by atoms with Gasteiger partial charge in [-0.1, -0.05) is 30.3 Å². The van der Waals surface area contributed by atoms with Crippen LogP contribution in [0.15, 0.2) is 41.3 Å². The molecule has 2 aliphatic rings. The molecule has 0 aromatic carbocycles. The molecule has 0 saturated carbocycles. The molecule has 4 heteroatoms. The van der Waals surface area contributed by atoms with E-state index in [-0.39, 0.29) is 4.90 Å². The van der Waals surface area contributed by atoms with Crippen LogP contribution < -0.4 is 0 Å². The molecule has 0 heterocycles. The molecular weight excluding hydrogens is 212 g/mol. The summed E-state index contributed by atoms with van der Waals surface area (Å²) < 4.78 is 31.5. The van der Waals surface area contributed by atoms with E-state index in [9.17, 15) is 8.42 Å². The molecule has 0 aromatic heterocycles. The molecule has 0 aromatic rings. The molecule has 78 valence electrons. The summed E-state index contributed by atoms with van der Waals surface area (Å²) in [5.74, 6) is 0. The summed E-state index contributed by atoms with van der Waals surface area (Å²) in [6.45, 7) is 1.67. The van der Waals surface area contributed by atoms with Gasteiger partial charge in [0.1, 0.15) is 4.90 Å². The Hall–Kier alpha value is -1.39. The van der Waals surface area contributed by atoms with Gasteiger partial charge in [0.25, 0.3) is 10.1 Å². The molecule has 2 rings (SSSR count). The minimum absolute atomic E-state index is 0.00806. The van der Waals surface area contributed by atoms with Crippen LogP contribution in [-0.2, 0) is 10.1 Å². The monoisotopic (exact) mass is 222 g/mol. The summed E-state index contributed by atoms with van der Waals surface area (Å²) in [6.07, 6.45) is 0. The molecule has 0 atom stereocenters. The van der Waals surface area contributed by atoms with E-state index in [1.807, 2.05) is 18.2 Å². The second-order valence-electron chi connectivity index (χ2n) is 3.41. The van der Waals surface area contributed by atoms with Crippen molar-refractivity contribution in [1.29, 1.82) is 0 Å². The Morgan fingerprint density at radius 2 is 1.80 bits per heavy atom. The second kappa shape index (κ2) is 3.32. The fourth-order valence-corrected chi connectivity index (χ4v) is 2.68. The SMILES string of the molecule is Cc1cc2cccccc-2c1S(=O)(=O)O. The van der Waals surface area contributed by atoms with Gasteiger partial charge < -0.3 is 0 Å². The number of aryl methyl sites for hydroxylation is 1. The lowest BCUT2D eigenvalue weighted by molar-refractivity contribution is 0.483. The van der Waals surface area contributed by atoms with Gasteiger partial charge in [0.2, 0.25) is 0 Å². The first-order chi connectivity index (χ1) is 7.00. The van der Waals surface area contributed by atoms with Crippen LogP contribution in [0.5, 0.6) is 0 Å². The van der Waals surface area contributed by atoms with Gasteiger partial charge >= 0.3 is 0 Å². The largest absolute Gasteiger partial charge is 0.295 e. The summed E-state index contributed by atoms with van der Waals surface area (Å²) >= 11 is 0. The Kier molecular flexibility index (Phi) is 2.25. The summed E-state index contributed by atoms with van der Waals surface area (Å²) in [6, 6.07) is 10.6. The van der Waals surface area contributed by atoms with Gasteiger partial charge in [0.15, 0.2) is 0 Å². The average molecular weight is 222 g/mol. The number of hydrogen-bond donors (Lipinski definition) is 1. The molecule has 0 aliphatic heterocycles. The normalized spacial score (nSPS) is 11.9. The van der Waals surface area contributed by atoms with Crippen molar-refractivity contribution in [3.05, 3.63) is 42.0 Å². The maximum Gasteiger partial charge on any atom is 0.295 e. The average Bonchev–Trinajstić information content (AvgIpc) is 2.30. The molecule has 15 heavy (non-hydrogen) atoms. The smallest absolute Gasteiger partial charge is 0.282 e. The van der Waals surface area contributed by atoms with Crippen LogP contribution in [0.1, 0.15) is 5.56 Å². The maximum atomic E-state index is 11.2. The standard InChI is InChI=1S/C11H10O3S/c1-8-7-9-5-3-2-4-6-10(9)11(8)15(12,13)14/h2-7H,1H3,(H,12,13,14). The van der Waals surface area contributed by atoms with Gasteiger partial charge in [0.05, 0.1) is 0 Å². The van der Waals surface area contributed by atoms with Gasteiger partial charge in [-0.05, 0) is 24.1 Å². The highest BCUT2D eigenvalue weighted by atomic mass is 32.2. The molecule has 0 spiro atoms. The first-order valence-electron chi connectivity index (χ1n) is 4.46. The summed E-state index contributed by atoms with van der Waals surface area (Å²) in [7, 11) is -4.15. The fourth-order valence-electron chi connectivity index (χ4n) is 1.75. The van der Waals surface area contributed by atoms with E-state index in [2.05, 4.69) is 0 Å². The van der Waals surface area contributed by atoms with E-state index < -0.39 is 10.1 Å². The zero-order chi connectivity index (χ0) is 11.1. The number of hydrogen-bond acceptors (Lipinski definition) is 2. The molecule has 0 saturated heterocycles. The minimum Gasteiger partial charge on any atom is -0.282 e. The van der Waals surface area contributed by atoms with Crippen molar-refractivity contribution in [2.45, 2.75) is 11.8 Å². The first-order valence-corrected chi connectivity index (χ1v) is 5.90. The Balaban J connectivity index is 2.86. The lowest BCUT2D eigenvalue weighted by Crippen LogP contribution is -1.99. The predicted octanol–water partition coefficient (Wildman–Crippen LogP) is 2.35. The van der Waals surface area contributed by atoms with E-state index in [0.29, 0.717) is 11.1 Å². The van der Waals surface area contributed by atoms with Crippen LogP contribution in [0.4, 0.5) is 0 Å². The third-order valence-corrected chi connectivity index (χ3v) is 3.36. The molecular formula is C11H10O3S. The zero-order valence-electron chi connectivity index (χ0n) is 8.14. The highest BCUT2D eigenvalue weighted by Crippen LogP contribution is 2.33. The van der Waals surface area contributed by atoms with Gasteiger partial charge in [-0.25, -0.2) is 0 Å². The van der Waals surface area contributed by atoms with E-state index in [0.717, 1.165) is 5.56 Å². The van der Waals surface area contributed by atoms with Crippen LogP contribution in [0, 0.1) is 6.92 Å². The number of fused-ring (bicyclic) bond motifs is 1. The van der Waals surface area contributed by atoms with Crippen molar-refractivity contribution in [3.63, 3.8) is 0 Å². The first kappa shape index (κ1) is 10.1. The van der Waals surface area contributed by atoms with Crippen molar-refractivity contribution >= 4 is 10.1 Å². The highest BCUT2D eigenvalue weighted by Gasteiger charge is 2.21. The minimum atomic E-state index is -4.15. The molecule has 0 radical (unpaired) electrons. The highest BCUT2D eigenvalue weighted by molar-refractivity contribution is 7.86. The van der Waals surface area contributed by atoms with Crippen LogP contribution in [0.25, 0.3) is 11.1 Å². The van der Waals surface area contributed by atoms with Crippen LogP contribution in [-0.4, -0.2) is 13.0 Å². The molecule has 0 unspecified atom stereocenters. The van der Waals surface area contributed by atoms with E-state index in [4.69, 9.17) is 4.55 Å². The summed E-state index contributed by atoms with van der Waals surface area (Å²) in [5.41, 5.74) is 1.93. The molecule has 0 amide bonds. The third-order valence-electron chi connectivity index (χ3n) is 2.30. The lowest BCUT2D eigenvalue weighted by Gasteiger charge is -1.98. The van der Waals surface area contributed by atoms with Crippen molar-refractivity contribution in [2.24, 2.45) is 0 Å². The maximum absolute atomic E-state index is 11.2. The van der Waals surface area contributed by atoms with Crippen molar-refractivity contribution in [2.75, 3.05) is 0 Å². The van der Waals surface area contributed by atoms with Crippen molar-refractivity contribution in [3.8, 4) is 11.1 Å². The van der Waals surface area contributed by atoms with Gasteiger partial charge in [-0.3, -0.25) is 4.55 Å². The summed E-state index contributed by atoms with van der Waals surface area (Å²) in [5, 5.41) is 0. The Labute approximate surface area is 88.5 Å². The summed E-state index contributed by atoms with van der Waals surface area (Å²) in [4.78, 5) is 0.00806. The second-order valence-corrected chi connectivity index (χ2v) is 4.77. The van der Waals surface area contributed by atoms with Crippen molar-refractivity contribution < 1.29 is 13.0 Å². The molecule has 2 aliphatic carbocycles. The van der Waals surface area contributed by atoms with Gasteiger partial charge in [0, 0.05) is 5.56 Å². The van der Waals surface area contributed by atoms with E-state index >= 15 is 0 Å². The lowest BCUT2D eigenvalue weighted by atomic mass is 10.2. The fraction of sp³-hybridized carbons (Fsp3) is 0.0909. The van der Waals surface area contributed by atoms with Crippen LogP contribution in [0.2, 0.25) is 0 Å². The molecule has 0 fully saturated rings. The van der Waals surface area contributed by atoms with E-state index in [1.54, 1.807) is 25.1 Å². The Bertz CT molecular complexity index is 573. The Morgan fingerprint density at radius 1 is 1.13 bits per heavy atom. The predicted molar refractivity (Wildman–Crippen MR) is 57.6 cm³/mol. The number of rotatable bonds is 1. The quantitative estimate of drug-likeness (QED) is 0.753.